The van der Waals surface area contributed by atoms with Gasteiger partial charge in [-0.3, -0.25) is 0 Å². The van der Waals surface area contributed by atoms with E-state index >= 15 is 0 Å². The Hall–Kier alpha value is -1.88. The van der Waals surface area contributed by atoms with E-state index in [1.807, 2.05) is 24.5 Å². The molecule has 20 heavy (non-hydrogen) atoms. The standard InChI is InChI=1S/C15H22N4O/c1-3-7-16-9-13-10-17-15(18-11-13)19(4-2)12-14-6-5-8-20-14/h5-6,8,10-11,16H,3-4,7,9,12H2,1-2H3. The molecule has 2 rings (SSSR count). The zero-order valence-electron chi connectivity index (χ0n) is 12.2. The Bertz CT molecular complexity index is 481. The van der Waals surface area contributed by atoms with Gasteiger partial charge in [-0.25, -0.2) is 9.97 Å². The van der Waals surface area contributed by atoms with E-state index in [-0.39, 0.29) is 0 Å². The second-order valence-corrected chi connectivity index (χ2v) is 4.66. The van der Waals surface area contributed by atoms with Crippen LogP contribution in [-0.2, 0) is 13.1 Å². The smallest absolute Gasteiger partial charge is 0.225 e. The first-order valence-electron chi connectivity index (χ1n) is 7.12. The third kappa shape index (κ3) is 4.06. The fourth-order valence-electron chi connectivity index (χ4n) is 1.93. The largest absolute Gasteiger partial charge is 0.467 e. The molecule has 5 nitrogen and oxygen atoms in total. The molecule has 0 aliphatic carbocycles. The van der Waals surface area contributed by atoms with E-state index in [1.54, 1.807) is 6.26 Å². The fourth-order valence-corrected chi connectivity index (χ4v) is 1.93. The second kappa shape index (κ2) is 7.65. The van der Waals surface area contributed by atoms with E-state index in [0.717, 1.165) is 43.3 Å². The lowest BCUT2D eigenvalue weighted by molar-refractivity contribution is 0.501. The number of rotatable bonds is 8. The average molecular weight is 274 g/mol. The summed E-state index contributed by atoms with van der Waals surface area (Å²) in [5.41, 5.74) is 1.11. The molecular formula is C15H22N4O. The molecule has 0 atom stereocenters. The van der Waals surface area contributed by atoms with Crippen LogP contribution in [0.5, 0.6) is 0 Å². The molecule has 2 heterocycles. The first-order chi connectivity index (χ1) is 9.83. The summed E-state index contributed by atoms with van der Waals surface area (Å²) in [6, 6.07) is 3.86. The Morgan fingerprint density at radius 3 is 2.65 bits per heavy atom. The third-order valence-corrected chi connectivity index (χ3v) is 3.04. The number of hydrogen-bond acceptors (Lipinski definition) is 5. The van der Waals surface area contributed by atoms with E-state index in [9.17, 15) is 0 Å². The highest BCUT2D eigenvalue weighted by Crippen LogP contribution is 2.12. The quantitative estimate of drug-likeness (QED) is 0.750. The monoisotopic (exact) mass is 274 g/mol. The summed E-state index contributed by atoms with van der Waals surface area (Å²) in [4.78, 5) is 11.0. The van der Waals surface area contributed by atoms with E-state index < -0.39 is 0 Å². The molecule has 5 heteroatoms. The highest BCUT2D eigenvalue weighted by Gasteiger charge is 2.09. The first-order valence-corrected chi connectivity index (χ1v) is 7.12. The normalized spacial score (nSPS) is 10.7. The number of nitrogens with one attached hydrogen (secondary N) is 1. The lowest BCUT2D eigenvalue weighted by atomic mass is 10.3. The van der Waals surface area contributed by atoms with Gasteiger partial charge in [0.05, 0.1) is 12.8 Å². The molecule has 0 aromatic carbocycles. The Kier molecular flexibility index (Phi) is 5.55. The van der Waals surface area contributed by atoms with E-state index in [4.69, 9.17) is 4.42 Å². The maximum absolute atomic E-state index is 5.37. The van der Waals surface area contributed by atoms with Gasteiger partial charge in [0.15, 0.2) is 0 Å². The van der Waals surface area contributed by atoms with E-state index in [2.05, 4.69) is 34.0 Å². The molecule has 0 saturated carbocycles. The van der Waals surface area contributed by atoms with Gasteiger partial charge in [-0.2, -0.15) is 0 Å². The van der Waals surface area contributed by atoms with Crippen molar-refractivity contribution in [1.29, 1.82) is 0 Å². The predicted octanol–water partition coefficient (Wildman–Crippen LogP) is 2.60. The zero-order chi connectivity index (χ0) is 14.2. The van der Waals surface area contributed by atoms with Gasteiger partial charge >= 0.3 is 0 Å². The minimum Gasteiger partial charge on any atom is -0.467 e. The minimum atomic E-state index is 0.691. The molecule has 0 fully saturated rings. The van der Waals surface area contributed by atoms with Gasteiger partial charge in [-0.05, 0) is 32.0 Å². The molecule has 0 aliphatic heterocycles. The molecule has 108 valence electrons. The van der Waals surface area contributed by atoms with Gasteiger partial charge < -0.3 is 14.6 Å². The second-order valence-electron chi connectivity index (χ2n) is 4.66. The molecule has 2 aromatic heterocycles. The zero-order valence-corrected chi connectivity index (χ0v) is 12.2. The molecule has 0 bridgehead atoms. The van der Waals surface area contributed by atoms with Crippen LogP contribution in [0.4, 0.5) is 5.95 Å². The van der Waals surface area contributed by atoms with Crippen LogP contribution in [0.1, 0.15) is 31.6 Å². The van der Waals surface area contributed by atoms with Crippen LogP contribution in [0.2, 0.25) is 0 Å². The minimum absolute atomic E-state index is 0.691. The van der Waals surface area contributed by atoms with Crippen LogP contribution in [0.15, 0.2) is 35.2 Å². The summed E-state index contributed by atoms with van der Waals surface area (Å²) < 4.78 is 5.37. The van der Waals surface area contributed by atoms with Crippen molar-refractivity contribution in [3.8, 4) is 0 Å². The van der Waals surface area contributed by atoms with E-state index in [1.165, 1.54) is 0 Å². The first kappa shape index (κ1) is 14.5. The van der Waals surface area contributed by atoms with Crippen LogP contribution in [-0.4, -0.2) is 23.1 Å². The topological polar surface area (TPSA) is 54.2 Å². The highest BCUT2D eigenvalue weighted by atomic mass is 16.3. The molecular weight excluding hydrogens is 252 g/mol. The predicted molar refractivity (Wildman–Crippen MR) is 79.5 cm³/mol. The van der Waals surface area contributed by atoms with Crippen molar-refractivity contribution in [2.24, 2.45) is 0 Å². The summed E-state index contributed by atoms with van der Waals surface area (Å²) in [6.45, 7) is 7.61. The summed E-state index contributed by atoms with van der Waals surface area (Å²) in [6.07, 6.45) is 6.59. The van der Waals surface area contributed by atoms with Gasteiger partial charge in [0.2, 0.25) is 5.95 Å². The van der Waals surface area contributed by atoms with Crippen LogP contribution < -0.4 is 10.2 Å². The summed E-state index contributed by atoms with van der Waals surface area (Å²) in [5.74, 6) is 1.66. The van der Waals surface area contributed by atoms with Gasteiger partial charge in [-0.1, -0.05) is 6.92 Å². The number of nitrogens with zero attached hydrogens (tertiary/aromatic N) is 3. The highest BCUT2D eigenvalue weighted by molar-refractivity contribution is 5.30. The summed E-state index contributed by atoms with van der Waals surface area (Å²) in [5, 5.41) is 3.34. The molecule has 0 saturated heterocycles. The molecule has 0 aliphatic rings. The van der Waals surface area contributed by atoms with Crippen molar-refractivity contribution >= 4 is 5.95 Å². The van der Waals surface area contributed by atoms with Crippen molar-refractivity contribution in [2.75, 3.05) is 18.0 Å². The van der Waals surface area contributed by atoms with Crippen molar-refractivity contribution < 1.29 is 4.42 Å². The molecule has 0 amide bonds. The van der Waals surface area contributed by atoms with Gasteiger partial charge in [0.25, 0.3) is 0 Å². The lowest BCUT2D eigenvalue weighted by Crippen LogP contribution is -2.24. The molecule has 0 spiro atoms. The maximum Gasteiger partial charge on any atom is 0.225 e. The molecule has 2 aromatic rings. The van der Waals surface area contributed by atoms with Crippen LogP contribution in [0.3, 0.4) is 0 Å². The Morgan fingerprint density at radius 2 is 2.05 bits per heavy atom. The SMILES string of the molecule is CCCNCc1cnc(N(CC)Cc2ccco2)nc1. The lowest BCUT2D eigenvalue weighted by Gasteiger charge is -2.19. The summed E-state index contributed by atoms with van der Waals surface area (Å²) >= 11 is 0. The number of anilines is 1. The van der Waals surface area contributed by atoms with Crippen molar-refractivity contribution in [3.63, 3.8) is 0 Å². The van der Waals surface area contributed by atoms with Crippen molar-refractivity contribution in [3.05, 3.63) is 42.1 Å². The summed E-state index contributed by atoms with van der Waals surface area (Å²) in [7, 11) is 0. The van der Waals surface area contributed by atoms with Crippen LogP contribution >= 0.6 is 0 Å². The molecule has 0 unspecified atom stereocenters. The average Bonchev–Trinajstić information content (AvgIpc) is 2.99. The molecule has 1 N–H and O–H groups in total. The van der Waals surface area contributed by atoms with Crippen LogP contribution in [0.25, 0.3) is 0 Å². The van der Waals surface area contributed by atoms with Crippen LogP contribution in [0, 0.1) is 0 Å². The number of hydrogen-bond donors (Lipinski definition) is 1. The van der Waals surface area contributed by atoms with Gasteiger partial charge in [0.1, 0.15) is 5.76 Å². The Balaban J connectivity index is 1.96. The fraction of sp³-hybridized carbons (Fsp3) is 0.467. The van der Waals surface area contributed by atoms with Crippen molar-refractivity contribution in [2.45, 2.75) is 33.4 Å². The van der Waals surface area contributed by atoms with Crippen molar-refractivity contribution in [1.82, 2.24) is 15.3 Å². The number of aromatic nitrogens is 2. The maximum atomic E-state index is 5.37. The third-order valence-electron chi connectivity index (χ3n) is 3.04. The Labute approximate surface area is 120 Å². The molecule has 0 radical (unpaired) electrons. The van der Waals surface area contributed by atoms with E-state index in [0.29, 0.717) is 6.54 Å². The number of furan rings is 1. The van der Waals surface area contributed by atoms with Gasteiger partial charge in [0, 0.05) is 31.0 Å². The Morgan fingerprint density at radius 1 is 1.25 bits per heavy atom. The van der Waals surface area contributed by atoms with Gasteiger partial charge in [-0.15, -0.1) is 0 Å².